The van der Waals surface area contributed by atoms with Crippen LogP contribution in [0.4, 0.5) is 5.82 Å². The Hall–Kier alpha value is -1.13. The van der Waals surface area contributed by atoms with Crippen LogP contribution in [0.5, 0.6) is 0 Å². The zero-order valence-electron chi connectivity index (χ0n) is 11.6. The molecule has 18 heavy (non-hydrogen) atoms. The highest BCUT2D eigenvalue weighted by Gasteiger charge is 2.06. The Morgan fingerprint density at radius 3 is 2.78 bits per heavy atom. The summed E-state index contributed by atoms with van der Waals surface area (Å²) in [5.74, 6) is 0.932. The zero-order valence-corrected chi connectivity index (χ0v) is 11.6. The van der Waals surface area contributed by atoms with Crippen LogP contribution in [0.25, 0.3) is 0 Å². The van der Waals surface area contributed by atoms with Crippen LogP contribution in [0.15, 0.2) is 12.1 Å². The predicted molar refractivity (Wildman–Crippen MR) is 73.9 cm³/mol. The zero-order chi connectivity index (χ0) is 13.4. The third-order valence-corrected chi connectivity index (χ3v) is 2.85. The Bertz CT molecular complexity index is 356. The van der Waals surface area contributed by atoms with Crippen molar-refractivity contribution >= 4 is 5.82 Å². The Morgan fingerprint density at radius 1 is 1.39 bits per heavy atom. The molecule has 4 nitrogen and oxygen atoms in total. The van der Waals surface area contributed by atoms with Crippen LogP contribution < -0.4 is 4.90 Å². The number of methoxy groups -OCH3 is 1. The van der Waals surface area contributed by atoms with Crippen molar-refractivity contribution in [2.45, 2.75) is 32.8 Å². The van der Waals surface area contributed by atoms with Gasteiger partial charge >= 0.3 is 0 Å². The smallest absolute Gasteiger partial charge is 0.128 e. The molecule has 1 N–H and O–H groups in total. The molecule has 0 fully saturated rings. The molecule has 1 aromatic heterocycles. The molecule has 0 unspecified atom stereocenters. The summed E-state index contributed by atoms with van der Waals surface area (Å²) in [5, 5.41) is 9.28. The molecule has 0 amide bonds. The van der Waals surface area contributed by atoms with Gasteiger partial charge in [0, 0.05) is 33.0 Å². The van der Waals surface area contributed by atoms with Gasteiger partial charge in [-0.25, -0.2) is 4.98 Å². The molecule has 1 heterocycles. The number of rotatable bonds is 8. The van der Waals surface area contributed by atoms with E-state index >= 15 is 0 Å². The van der Waals surface area contributed by atoms with Crippen molar-refractivity contribution in [2.24, 2.45) is 0 Å². The second-order valence-corrected chi connectivity index (χ2v) is 4.50. The lowest BCUT2D eigenvalue weighted by Crippen LogP contribution is -2.21. The van der Waals surface area contributed by atoms with E-state index in [-0.39, 0.29) is 6.61 Å². The largest absolute Gasteiger partial charge is 0.392 e. The molecule has 102 valence electrons. The first-order valence-corrected chi connectivity index (χ1v) is 6.52. The number of hydrogen-bond donors (Lipinski definition) is 1. The summed E-state index contributed by atoms with van der Waals surface area (Å²) in [7, 11) is 3.73. The molecule has 0 aromatic carbocycles. The van der Waals surface area contributed by atoms with Gasteiger partial charge in [0.2, 0.25) is 0 Å². The average molecular weight is 252 g/mol. The summed E-state index contributed by atoms with van der Waals surface area (Å²) >= 11 is 0. The number of hydrogen-bond acceptors (Lipinski definition) is 4. The lowest BCUT2D eigenvalue weighted by Gasteiger charge is -2.19. The van der Waals surface area contributed by atoms with Crippen LogP contribution in [0.3, 0.4) is 0 Å². The second-order valence-electron chi connectivity index (χ2n) is 4.50. The maximum Gasteiger partial charge on any atom is 0.128 e. The van der Waals surface area contributed by atoms with Gasteiger partial charge in [-0.05, 0) is 30.5 Å². The van der Waals surface area contributed by atoms with Gasteiger partial charge in [0.05, 0.1) is 6.61 Å². The summed E-state index contributed by atoms with van der Waals surface area (Å²) in [5.41, 5.74) is 1.99. The predicted octanol–water partition coefficient (Wildman–Crippen LogP) is 2.00. The normalized spacial score (nSPS) is 10.7. The number of aromatic nitrogens is 1. The molecule has 4 heteroatoms. The van der Waals surface area contributed by atoms with Gasteiger partial charge in [-0.2, -0.15) is 0 Å². The summed E-state index contributed by atoms with van der Waals surface area (Å²) in [6, 6.07) is 3.93. The number of ether oxygens (including phenoxy) is 1. The first-order valence-electron chi connectivity index (χ1n) is 6.52. The fourth-order valence-corrected chi connectivity index (χ4v) is 1.86. The minimum atomic E-state index is 0.0676. The third kappa shape index (κ3) is 4.63. The quantitative estimate of drug-likeness (QED) is 0.719. The number of aliphatic hydroxyl groups excluding tert-OH is 1. The number of aliphatic hydroxyl groups is 1. The highest BCUT2D eigenvalue weighted by atomic mass is 16.5. The van der Waals surface area contributed by atoms with Gasteiger partial charge in [0.15, 0.2) is 0 Å². The molecule has 0 spiro atoms. The molecule has 0 aliphatic carbocycles. The highest BCUT2D eigenvalue weighted by Crippen LogP contribution is 2.15. The first-order chi connectivity index (χ1) is 8.71. The molecule has 1 rings (SSSR count). The van der Waals surface area contributed by atoms with Crippen molar-refractivity contribution in [1.29, 1.82) is 0 Å². The molecule has 0 aliphatic heterocycles. The minimum Gasteiger partial charge on any atom is -0.392 e. The van der Waals surface area contributed by atoms with Crippen LogP contribution in [-0.4, -0.2) is 37.4 Å². The minimum absolute atomic E-state index is 0.0676. The maximum absolute atomic E-state index is 9.28. The van der Waals surface area contributed by atoms with Crippen LogP contribution in [0.2, 0.25) is 0 Å². The summed E-state index contributed by atoms with van der Waals surface area (Å²) < 4.78 is 5.05. The van der Waals surface area contributed by atoms with Crippen LogP contribution in [0, 0.1) is 0 Å². The fourth-order valence-electron chi connectivity index (χ4n) is 1.86. The first kappa shape index (κ1) is 14.9. The topological polar surface area (TPSA) is 45.6 Å². The number of aryl methyl sites for hydroxylation is 1. The van der Waals surface area contributed by atoms with Crippen molar-refractivity contribution in [3.8, 4) is 0 Å². The summed E-state index contributed by atoms with van der Waals surface area (Å²) in [4.78, 5) is 6.73. The van der Waals surface area contributed by atoms with E-state index in [1.165, 1.54) is 0 Å². The van der Waals surface area contributed by atoms with Gasteiger partial charge in [0.1, 0.15) is 5.82 Å². The van der Waals surface area contributed by atoms with Crippen molar-refractivity contribution in [3.63, 3.8) is 0 Å². The van der Waals surface area contributed by atoms with E-state index in [0.29, 0.717) is 0 Å². The molecule has 0 saturated carbocycles. The lowest BCUT2D eigenvalue weighted by molar-refractivity contribution is 0.196. The van der Waals surface area contributed by atoms with Crippen molar-refractivity contribution in [2.75, 3.05) is 32.2 Å². The van der Waals surface area contributed by atoms with E-state index in [0.717, 1.165) is 49.5 Å². The maximum atomic E-state index is 9.28. The van der Waals surface area contributed by atoms with Crippen molar-refractivity contribution in [3.05, 3.63) is 23.4 Å². The van der Waals surface area contributed by atoms with E-state index in [1.807, 2.05) is 19.2 Å². The van der Waals surface area contributed by atoms with Gasteiger partial charge in [-0.3, -0.25) is 0 Å². The van der Waals surface area contributed by atoms with E-state index in [9.17, 15) is 5.11 Å². The van der Waals surface area contributed by atoms with Gasteiger partial charge in [0.25, 0.3) is 0 Å². The number of nitrogens with zero attached hydrogens (tertiary/aromatic N) is 2. The SMILES string of the molecule is CCCc1cc(CO)cc(N(C)CCCOC)n1. The van der Waals surface area contributed by atoms with Crippen molar-refractivity contribution < 1.29 is 9.84 Å². The molecule has 0 atom stereocenters. The summed E-state index contributed by atoms with van der Waals surface area (Å²) in [6.07, 6.45) is 2.99. The van der Waals surface area contributed by atoms with E-state index < -0.39 is 0 Å². The van der Waals surface area contributed by atoms with E-state index in [4.69, 9.17) is 4.74 Å². The molecule has 0 saturated heterocycles. The lowest BCUT2D eigenvalue weighted by atomic mass is 10.1. The molecular weight excluding hydrogens is 228 g/mol. The Morgan fingerprint density at radius 2 is 2.17 bits per heavy atom. The van der Waals surface area contributed by atoms with Gasteiger partial charge < -0.3 is 14.7 Å². The molecule has 0 radical (unpaired) electrons. The average Bonchev–Trinajstić information content (AvgIpc) is 2.39. The monoisotopic (exact) mass is 252 g/mol. The van der Waals surface area contributed by atoms with Crippen LogP contribution in [-0.2, 0) is 17.8 Å². The Labute approximate surface area is 110 Å². The molecule has 0 aliphatic rings. The van der Waals surface area contributed by atoms with Crippen LogP contribution in [0.1, 0.15) is 31.0 Å². The fraction of sp³-hybridized carbons (Fsp3) is 0.643. The number of anilines is 1. The van der Waals surface area contributed by atoms with Crippen molar-refractivity contribution in [1.82, 2.24) is 4.98 Å². The van der Waals surface area contributed by atoms with Crippen LogP contribution >= 0.6 is 0 Å². The Kier molecular flexibility index (Phi) is 6.68. The van der Waals surface area contributed by atoms with E-state index in [2.05, 4.69) is 16.8 Å². The number of pyridine rings is 1. The van der Waals surface area contributed by atoms with E-state index in [1.54, 1.807) is 7.11 Å². The standard InChI is InChI=1S/C14H24N2O2/c1-4-6-13-9-12(11-17)10-14(15-13)16(2)7-5-8-18-3/h9-10,17H,4-8,11H2,1-3H3. The summed E-state index contributed by atoms with van der Waals surface area (Å²) in [6.45, 7) is 3.86. The second kappa shape index (κ2) is 8.06. The highest BCUT2D eigenvalue weighted by molar-refractivity contribution is 5.41. The molecule has 0 bridgehead atoms. The molecular formula is C14H24N2O2. The Balaban J connectivity index is 2.75. The third-order valence-electron chi connectivity index (χ3n) is 2.85. The van der Waals surface area contributed by atoms with Gasteiger partial charge in [-0.15, -0.1) is 0 Å². The molecule has 1 aromatic rings. The van der Waals surface area contributed by atoms with Gasteiger partial charge in [-0.1, -0.05) is 13.3 Å².